The van der Waals surface area contributed by atoms with Crippen molar-refractivity contribution in [1.29, 1.82) is 0 Å². The van der Waals surface area contributed by atoms with E-state index in [1.165, 1.54) is 0 Å². The third-order valence-electron chi connectivity index (χ3n) is 2.00. The molecule has 0 atom stereocenters. The van der Waals surface area contributed by atoms with E-state index in [-0.39, 0.29) is 17.3 Å². The zero-order chi connectivity index (χ0) is 11.5. The van der Waals surface area contributed by atoms with Crippen molar-refractivity contribution in [1.82, 2.24) is 0 Å². The Labute approximate surface area is 90.0 Å². The zero-order valence-corrected chi connectivity index (χ0v) is 9.42. The average molecular weight is 226 g/mol. The standard InChI is InChI=1S/C11H14O3S/c1-9-3-5-11(6-4-9)15(13,14)8-10(2)7-12/h3-6,12H,2,7-8H2,1H3. The van der Waals surface area contributed by atoms with Crippen LogP contribution >= 0.6 is 0 Å². The Bertz CT molecular complexity index is 443. The minimum atomic E-state index is -3.35. The van der Waals surface area contributed by atoms with E-state index in [0.717, 1.165) is 5.56 Å². The van der Waals surface area contributed by atoms with Crippen molar-refractivity contribution in [2.24, 2.45) is 0 Å². The molecule has 1 N–H and O–H groups in total. The van der Waals surface area contributed by atoms with E-state index in [2.05, 4.69) is 6.58 Å². The molecule has 82 valence electrons. The molecule has 0 fully saturated rings. The van der Waals surface area contributed by atoms with Crippen LogP contribution in [0.15, 0.2) is 41.3 Å². The summed E-state index contributed by atoms with van der Waals surface area (Å²) in [6.07, 6.45) is 0. The van der Waals surface area contributed by atoms with Gasteiger partial charge in [0.05, 0.1) is 17.3 Å². The fraction of sp³-hybridized carbons (Fsp3) is 0.273. The molecule has 1 aromatic carbocycles. The highest BCUT2D eigenvalue weighted by Crippen LogP contribution is 2.13. The average Bonchev–Trinajstić information content (AvgIpc) is 2.17. The number of hydrogen-bond donors (Lipinski definition) is 1. The van der Waals surface area contributed by atoms with E-state index < -0.39 is 9.84 Å². The van der Waals surface area contributed by atoms with Crippen LogP contribution in [0.5, 0.6) is 0 Å². The van der Waals surface area contributed by atoms with Crippen molar-refractivity contribution in [3.63, 3.8) is 0 Å². The summed E-state index contributed by atoms with van der Waals surface area (Å²) in [4.78, 5) is 0.266. The summed E-state index contributed by atoms with van der Waals surface area (Å²) in [7, 11) is -3.35. The summed E-state index contributed by atoms with van der Waals surface area (Å²) in [5, 5.41) is 8.73. The fourth-order valence-corrected chi connectivity index (χ4v) is 2.49. The van der Waals surface area contributed by atoms with E-state index in [1.54, 1.807) is 24.3 Å². The lowest BCUT2D eigenvalue weighted by Crippen LogP contribution is -2.10. The van der Waals surface area contributed by atoms with E-state index in [9.17, 15) is 8.42 Å². The normalized spacial score (nSPS) is 11.3. The lowest BCUT2D eigenvalue weighted by Gasteiger charge is -2.05. The minimum absolute atomic E-state index is 0.202. The Morgan fingerprint density at radius 3 is 2.33 bits per heavy atom. The highest BCUT2D eigenvalue weighted by molar-refractivity contribution is 7.91. The van der Waals surface area contributed by atoms with Gasteiger partial charge in [0.1, 0.15) is 0 Å². The van der Waals surface area contributed by atoms with Gasteiger partial charge in [0, 0.05) is 0 Å². The van der Waals surface area contributed by atoms with E-state index in [4.69, 9.17) is 5.11 Å². The summed E-state index contributed by atoms with van der Waals surface area (Å²) < 4.78 is 23.5. The molecule has 0 spiro atoms. The highest BCUT2D eigenvalue weighted by Gasteiger charge is 2.14. The fourth-order valence-electron chi connectivity index (χ4n) is 1.14. The molecule has 0 amide bonds. The Morgan fingerprint density at radius 1 is 1.33 bits per heavy atom. The summed E-state index contributed by atoms with van der Waals surface area (Å²) in [6.45, 7) is 5.06. The minimum Gasteiger partial charge on any atom is -0.392 e. The maximum atomic E-state index is 11.7. The first-order valence-electron chi connectivity index (χ1n) is 4.52. The number of sulfone groups is 1. The molecule has 0 aliphatic rings. The Hall–Kier alpha value is -1.13. The van der Waals surface area contributed by atoms with Crippen molar-refractivity contribution >= 4 is 9.84 Å². The number of aliphatic hydroxyl groups excluding tert-OH is 1. The van der Waals surface area contributed by atoms with Gasteiger partial charge in [-0.05, 0) is 24.6 Å². The number of hydrogen-bond acceptors (Lipinski definition) is 3. The Balaban J connectivity index is 2.96. The third-order valence-corrected chi connectivity index (χ3v) is 3.78. The molecule has 0 heterocycles. The third kappa shape index (κ3) is 3.18. The van der Waals surface area contributed by atoms with Gasteiger partial charge in [-0.1, -0.05) is 24.3 Å². The van der Waals surface area contributed by atoms with Gasteiger partial charge in [-0.3, -0.25) is 0 Å². The summed E-state index contributed by atoms with van der Waals surface area (Å²) in [6, 6.07) is 6.62. The Morgan fingerprint density at radius 2 is 1.87 bits per heavy atom. The van der Waals surface area contributed by atoms with Gasteiger partial charge < -0.3 is 5.11 Å². The molecule has 3 nitrogen and oxygen atoms in total. The Kier molecular flexibility index (Phi) is 3.66. The van der Waals surface area contributed by atoms with E-state index >= 15 is 0 Å². The smallest absolute Gasteiger partial charge is 0.182 e. The largest absolute Gasteiger partial charge is 0.392 e. The molecule has 0 saturated carbocycles. The van der Waals surface area contributed by atoms with Crippen LogP contribution in [-0.2, 0) is 9.84 Å². The predicted octanol–water partition coefficient (Wildman–Crippen LogP) is 1.32. The molecule has 15 heavy (non-hydrogen) atoms. The zero-order valence-electron chi connectivity index (χ0n) is 8.60. The van der Waals surface area contributed by atoms with Gasteiger partial charge in [-0.15, -0.1) is 0 Å². The summed E-state index contributed by atoms with van der Waals surface area (Å²) >= 11 is 0. The molecule has 4 heteroatoms. The van der Waals surface area contributed by atoms with Gasteiger partial charge in [-0.2, -0.15) is 0 Å². The molecule has 0 unspecified atom stereocenters. The first kappa shape index (κ1) is 11.9. The lowest BCUT2D eigenvalue weighted by molar-refractivity contribution is 0.332. The molecule has 0 bridgehead atoms. The lowest BCUT2D eigenvalue weighted by atomic mass is 10.2. The molecular formula is C11H14O3S. The topological polar surface area (TPSA) is 54.4 Å². The van der Waals surface area contributed by atoms with Crippen LogP contribution < -0.4 is 0 Å². The van der Waals surface area contributed by atoms with Crippen LogP contribution in [0, 0.1) is 6.92 Å². The molecule has 0 radical (unpaired) electrons. The van der Waals surface area contributed by atoms with Crippen LogP contribution in [0.2, 0.25) is 0 Å². The molecule has 0 aliphatic heterocycles. The number of benzene rings is 1. The highest BCUT2D eigenvalue weighted by atomic mass is 32.2. The molecule has 1 aromatic rings. The molecule has 0 aromatic heterocycles. The maximum Gasteiger partial charge on any atom is 0.182 e. The van der Waals surface area contributed by atoms with Gasteiger partial charge in [0.2, 0.25) is 0 Å². The second-order valence-electron chi connectivity index (χ2n) is 3.48. The van der Waals surface area contributed by atoms with Crippen LogP contribution in [-0.4, -0.2) is 25.9 Å². The van der Waals surface area contributed by atoms with Crippen molar-refractivity contribution in [2.45, 2.75) is 11.8 Å². The quantitative estimate of drug-likeness (QED) is 0.788. The first-order chi connectivity index (χ1) is 6.95. The second-order valence-corrected chi connectivity index (χ2v) is 5.47. The van der Waals surface area contributed by atoms with Crippen molar-refractivity contribution in [3.05, 3.63) is 42.0 Å². The molecule has 0 saturated heterocycles. The van der Waals surface area contributed by atoms with Crippen LogP contribution in [0.1, 0.15) is 5.56 Å². The molecule has 0 aliphatic carbocycles. The molecular weight excluding hydrogens is 212 g/mol. The van der Waals surface area contributed by atoms with Gasteiger partial charge in [-0.25, -0.2) is 8.42 Å². The number of aryl methyl sites for hydroxylation is 1. The van der Waals surface area contributed by atoms with E-state index in [1.807, 2.05) is 6.92 Å². The van der Waals surface area contributed by atoms with Crippen molar-refractivity contribution in [2.75, 3.05) is 12.4 Å². The molecule has 1 rings (SSSR count). The summed E-state index contributed by atoms with van der Waals surface area (Å²) in [5.74, 6) is -0.202. The summed E-state index contributed by atoms with van der Waals surface area (Å²) in [5.41, 5.74) is 1.31. The SMILES string of the molecule is C=C(CO)CS(=O)(=O)c1ccc(C)cc1. The van der Waals surface area contributed by atoms with Crippen LogP contribution in [0.4, 0.5) is 0 Å². The number of rotatable bonds is 4. The van der Waals surface area contributed by atoms with Gasteiger partial charge in [0.15, 0.2) is 9.84 Å². The van der Waals surface area contributed by atoms with Gasteiger partial charge >= 0.3 is 0 Å². The maximum absolute atomic E-state index is 11.7. The number of aliphatic hydroxyl groups is 1. The monoisotopic (exact) mass is 226 g/mol. The second kappa shape index (κ2) is 4.59. The van der Waals surface area contributed by atoms with Gasteiger partial charge in [0.25, 0.3) is 0 Å². The first-order valence-corrected chi connectivity index (χ1v) is 6.18. The van der Waals surface area contributed by atoms with Crippen molar-refractivity contribution < 1.29 is 13.5 Å². The van der Waals surface area contributed by atoms with Crippen LogP contribution in [0.3, 0.4) is 0 Å². The van der Waals surface area contributed by atoms with Crippen LogP contribution in [0.25, 0.3) is 0 Å². The van der Waals surface area contributed by atoms with E-state index in [0.29, 0.717) is 5.57 Å². The predicted molar refractivity (Wildman–Crippen MR) is 59.5 cm³/mol. The van der Waals surface area contributed by atoms with Crippen molar-refractivity contribution in [3.8, 4) is 0 Å².